The number of halogens is 1. The van der Waals surface area contributed by atoms with E-state index in [2.05, 4.69) is 5.32 Å². The third kappa shape index (κ3) is 3.99. The number of carbonyl (C=O) groups excluding carboxylic acids is 1. The van der Waals surface area contributed by atoms with Gasteiger partial charge in [-0.15, -0.1) is 0 Å². The molecule has 24 heavy (non-hydrogen) atoms. The molecule has 128 valence electrons. The first-order valence-corrected chi connectivity index (χ1v) is 7.89. The van der Waals surface area contributed by atoms with Gasteiger partial charge in [-0.2, -0.15) is 0 Å². The zero-order valence-electron chi connectivity index (χ0n) is 13.9. The van der Waals surface area contributed by atoms with Crippen molar-refractivity contribution < 1.29 is 14.6 Å². The summed E-state index contributed by atoms with van der Waals surface area (Å²) in [5.41, 5.74) is 2.26. The molecule has 0 aromatic heterocycles. The highest BCUT2D eigenvalue weighted by molar-refractivity contribution is 6.31. The number of hydrogen-bond acceptors (Lipinski definition) is 3. The van der Waals surface area contributed by atoms with Crippen LogP contribution in [-0.4, -0.2) is 36.8 Å². The minimum absolute atomic E-state index is 0.190. The molecule has 0 spiro atoms. The van der Waals surface area contributed by atoms with Crippen molar-refractivity contribution >= 4 is 23.3 Å². The van der Waals surface area contributed by atoms with Gasteiger partial charge in [-0.25, -0.2) is 4.79 Å². The molecule has 0 heterocycles. The molecule has 2 aromatic rings. The van der Waals surface area contributed by atoms with E-state index in [9.17, 15) is 9.90 Å². The van der Waals surface area contributed by atoms with Crippen LogP contribution in [0.5, 0.6) is 5.75 Å². The van der Waals surface area contributed by atoms with Gasteiger partial charge in [-0.1, -0.05) is 29.8 Å². The van der Waals surface area contributed by atoms with Gasteiger partial charge in [0.05, 0.1) is 19.8 Å². The van der Waals surface area contributed by atoms with Crippen LogP contribution in [0, 0.1) is 6.92 Å². The minimum Gasteiger partial charge on any atom is -0.497 e. The maximum atomic E-state index is 12.5. The zero-order valence-corrected chi connectivity index (χ0v) is 14.7. The van der Waals surface area contributed by atoms with Crippen molar-refractivity contribution in [2.24, 2.45) is 0 Å². The molecule has 0 saturated heterocycles. The molecule has 0 saturated carbocycles. The summed E-state index contributed by atoms with van der Waals surface area (Å²) in [5.74, 6) is 0.720. The Balaban J connectivity index is 2.16. The fourth-order valence-electron chi connectivity index (χ4n) is 2.37. The average Bonchev–Trinajstić information content (AvgIpc) is 2.60. The van der Waals surface area contributed by atoms with E-state index in [1.165, 1.54) is 4.90 Å². The highest BCUT2D eigenvalue weighted by Crippen LogP contribution is 2.25. The number of nitrogens with one attached hydrogen (secondary N) is 1. The number of hydrogen-bond donors (Lipinski definition) is 2. The van der Waals surface area contributed by atoms with Crippen LogP contribution in [0.1, 0.15) is 17.2 Å². The van der Waals surface area contributed by atoms with Gasteiger partial charge in [0.15, 0.2) is 0 Å². The maximum Gasteiger partial charge on any atom is 0.322 e. The van der Waals surface area contributed by atoms with Gasteiger partial charge in [-0.05, 0) is 42.3 Å². The topological polar surface area (TPSA) is 61.8 Å². The molecule has 1 atom stereocenters. The number of urea groups is 1. The Hall–Kier alpha value is -2.24. The summed E-state index contributed by atoms with van der Waals surface area (Å²) < 4.78 is 5.13. The van der Waals surface area contributed by atoms with Gasteiger partial charge in [0.25, 0.3) is 0 Å². The van der Waals surface area contributed by atoms with Crippen LogP contribution in [0.3, 0.4) is 0 Å². The van der Waals surface area contributed by atoms with E-state index in [1.54, 1.807) is 44.5 Å². The first-order chi connectivity index (χ1) is 11.5. The van der Waals surface area contributed by atoms with E-state index in [-0.39, 0.29) is 12.6 Å². The van der Waals surface area contributed by atoms with Gasteiger partial charge in [0.2, 0.25) is 0 Å². The van der Waals surface area contributed by atoms with E-state index in [0.29, 0.717) is 10.7 Å². The molecule has 2 amide bonds. The number of aliphatic hydroxyl groups is 1. The van der Waals surface area contributed by atoms with Crippen molar-refractivity contribution in [3.05, 3.63) is 58.6 Å². The largest absolute Gasteiger partial charge is 0.497 e. The Bertz CT molecular complexity index is 704. The van der Waals surface area contributed by atoms with E-state index in [0.717, 1.165) is 16.9 Å². The first kappa shape index (κ1) is 18.1. The fraction of sp³-hybridized carbons (Fsp3) is 0.278. The number of rotatable bonds is 5. The van der Waals surface area contributed by atoms with Gasteiger partial charge >= 0.3 is 6.03 Å². The lowest BCUT2D eigenvalue weighted by molar-refractivity contribution is 0.159. The van der Waals surface area contributed by atoms with Crippen molar-refractivity contribution in [1.82, 2.24) is 4.90 Å². The van der Waals surface area contributed by atoms with Crippen molar-refractivity contribution in [3.8, 4) is 5.75 Å². The van der Waals surface area contributed by atoms with E-state index in [4.69, 9.17) is 16.3 Å². The number of likely N-dealkylation sites (N-methyl/N-ethyl adjacent to an activating group) is 1. The number of nitrogens with zero attached hydrogens (tertiary/aromatic N) is 1. The fourth-order valence-corrected chi connectivity index (χ4v) is 2.54. The molecule has 6 heteroatoms. The van der Waals surface area contributed by atoms with Crippen LogP contribution < -0.4 is 10.1 Å². The second-order valence-corrected chi connectivity index (χ2v) is 5.83. The smallest absolute Gasteiger partial charge is 0.322 e. The number of benzene rings is 2. The Labute approximate surface area is 146 Å². The van der Waals surface area contributed by atoms with Crippen LogP contribution in [0.15, 0.2) is 42.5 Å². The molecule has 0 aliphatic heterocycles. The lowest BCUT2D eigenvalue weighted by atomic mass is 10.1. The minimum atomic E-state index is -0.463. The number of aliphatic hydroxyl groups excluding tert-OH is 1. The van der Waals surface area contributed by atoms with E-state index < -0.39 is 6.04 Å². The first-order valence-electron chi connectivity index (χ1n) is 7.51. The van der Waals surface area contributed by atoms with Crippen molar-refractivity contribution in [2.75, 3.05) is 26.1 Å². The monoisotopic (exact) mass is 348 g/mol. The Morgan fingerprint density at radius 1 is 1.29 bits per heavy atom. The Kier molecular flexibility index (Phi) is 6.06. The molecule has 0 radical (unpaired) electrons. The number of carbonyl (C=O) groups is 1. The van der Waals surface area contributed by atoms with E-state index >= 15 is 0 Å². The Morgan fingerprint density at radius 2 is 1.96 bits per heavy atom. The van der Waals surface area contributed by atoms with Crippen molar-refractivity contribution in [2.45, 2.75) is 13.0 Å². The molecule has 0 bridgehead atoms. The number of ether oxygens (including phenoxy) is 1. The lowest BCUT2D eigenvalue weighted by Crippen LogP contribution is -2.36. The summed E-state index contributed by atoms with van der Waals surface area (Å²) in [4.78, 5) is 14.0. The molecular formula is C18H21ClN2O3. The number of amides is 2. The highest BCUT2D eigenvalue weighted by Gasteiger charge is 2.21. The predicted molar refractivity (Wildman–Crippen MR) is 95.8 cm³/mol. The predicted octanol–water partition coefficient (Wildman–Crippen LogP) is 3.85. The molecular weight excluding hydrogens is 328 g/mol. The van der Waals surface area contributed by atoms with E-state index in [1.807, 2.05) is 19.1 Å². The molecule has 2 rings (SSSR count). The van der Waals surface area contributed by atoms with Gasteiger partial charge in [0.1, 0.15) is 5.75 Å². The summed E-state index contributed by atoms with van der Waals surface area (Å²) in [6.45, 7) is 1.65. The van der Waals surface area contributed by atoms with Crippen LogP contribution in [-0.2, 0) is 0 Å². The summed E-state index contributed by atoms with van der Waals surface area (Å²) in [6, 6.07) is 11.8. The van der Waals surface area contributed by atoms with Crippen molar-refractivity contribution in [1.29, 1.82) is 0 Å². The summed E-state index contributed by atoms with van der Waals surface area (Å²) >= 11 is 6.07. The molecule has 0 aliphatic carbocycles. The number of methoxy groups -OCH3 is 1. The van der Waals surface area contributed by atoms with Gasteiger partial charge in [-0.3, -0.25) is 0 Å². The molecule has 5 nitrogen and oxygen atoms in total. The molecule has 2 aromatic carbocycles. The third-order valence-corrected chi connectivity index (χ3v) is 4.38. The molecule has 1 unspecified atom stereocenters. The lowest BCUT2D eigenvalue weighted by Gasteiger charge is -2.27. The molecule has 0 aliphatic rings. The van der Waals surface area contributed by atoms with Crippen LogP contribution >= 0.6 is 11.6 Å². The highest BCUT2D eigenvalue weighted by atomic mass is 35.5. The normalized spacial score (nSPS) is 11.7. The quantitative estimate of drug-likeness (QED) is 0.862. The SMILES string of the molecule is COc1ccc(C(CO)N(C)C(=O)Nc2cccc(Cl)c2C)cc1. The van der Waals surface area contributed by atoms with Gasteiger partial charge in [0, 0.05) is 17.8 Å². The van der Waals surface area contributed by atoms with Crippen LogP contribution in [0.2, 0.25) is 5.02 Å². The summed E-state index contributed by atoms with van der Waals surface area (Å²) in [6.07, 6.45) is 0. The van der Waals surface area contributed by atoms with Crippen LogP contribution in [0.25, 0.3) is 0 Å². The van der Waals surface area contributed by atoms with Gasteiger partial charge < -0.3 is 20.1 Å². The summed E-state index contributed by atoms with van der Waals surface area (Å²) in [7, 11) is 3.23. The van der Waals surface area contributed by atoms with Crippen molar-refractivity contribution in [3.63, 3.8) is 0 Å². The number of anilines is 1. The van der Waals surface area contributed by atoms with Crippen LogP contribution in [0.4, 0.5) is 10.5 Å². The molecule has 2 N–H and O–H groups in total. The average molecular weight is 349 g/mol. The zero-order chi connectivity index (χ0) is 17.7. The standard InChI is InChI=1S/C18H21ClN2O3/c1-12-15(19)5-4-6-16(12)20-18(23)21(2)17(11-22)13-7-9-14(24-3)10-8-13/h4-10,17,22H,11H2,1-3H3,(H,20,23). The maximum absolute atomic E-state index is 12.5. The Morgan fingerprint density at radius 3 is 2.54 bits per heavy atom. The second kappa shape index (κ2) is 8.04. The second-order valence-electron chi connectivity index (χ2n) is 5.42. The third-order valence-electron chi connectivity index (χ3n) is 3.97. The molecule has 0 fully saturated rings. The summed E-state index contributed by atoms with van der Waals surface area (Å²) in [5, 5.41) is 13.1.